The van der Waals surface area contributed by atoms with Crippen LogP contribution in [0.2, 0.25) is 0 Å². The third kappa shape index (κ3) is 2.43. The zero-order chi connectivity index (χ0) is 14.1. The summed E-state index contributed by atoms with van der Waals surface area (Å²) >= 11 is 1.66. The fraction of sp³-hybridized carbons (Fsp3) is 0.615. The van der Waals surface area contributed by atoms with Crippen molar-refractivity contribution in [3.05, 3.63) is 22.5 Å². The average Bonchev–Trinajstić information content (AvgIpc) is 3.11. The van der Waals surface area contributed by atoms with Gasteiger partial charge in [0, 0.05) is 6.54 Å². The van der Waals surface area contributed by atoms with Gasteiger partial charge < -0.3 is 10.0 Å². The molecule has 20 heavy (non-hydrogen) atoms. The molecule has 7 heteroatoms. The van der Waals surface area contributed by atoms with Crippen LogP contribution >= 0.6 is 11.3 Å². The number of aliphatic hydroxyl groups is 1. The second-order valence-corrected chi connectivity index (χ2v) is 6.00. The Labute approximate surface area is 122 Å². The highest BCUT2D eigenvalue weighted by atomic mass is 32.1. The van der Waals surface area contributed by atoms with Gasteiger partial charge in [-0.15, -0.1) is 10.2 Å². The first-order valence-corrected chi connectivity index (χ1v) is 7.85. The van der Waals surface area contributed by atoms with Crippen LogP contribution in [0.4, 0.5) is 5.13 Å². The molecule has 3 heterocycles. The molecular formula is C13H19N5OS. The van der Waals surface area contributed by atoms with Crippen molar-refractivity contribution in [1.29, 1.82) is 0 Å². The van der Waals surface area contributed by atoms with Crippen LogP contribution in [0.1, 0.15) is 42.8 Å². The van der Waals surface area contributed by atoms with Gasteiger partial charge in [-0.25, -0.2) is 0 Å². The van der Waals surface area contributed by atoms with Gasteiger partial charge in [-0.3, -0.25) is 4.68 Å². The van der Waals surface area contributed by atoms with Crippen molar-refractivity contribution < 1.29 is 5.11 Å². The number of fused-ring (bicyclic) bond motifs is 1. The predicted molar refractivity (Wildman–Crippen MR) is 77.8 cm³/mol. The monoisotopic (exact) mass is 293 g/mol. The summed E-state index contributed by atoms with van der Waals surface area (Å²) in [6.07, 6.45) is 1.15. The summed E-state index contributed by atoms with van der Waals surface area (Å²) in [4.78, 5) is 2.23. The minimum atomic E-state index is -0.463. The van der Waals surface area contributed by atoms with E-state index in [2.05, 4.69) is 27.1 Å². The van der Waals surface area contributed by atoms with Gasteiger partial charge in [0.1, 0.15) is 5.01 Å². The van der Waals surface area contributed by atoms with Crippen LogP contribution in [0, 0.1) is 0 Å². The molecule has 1 aliphatic rings. The van der Waals surface area contributed by atoms with Gasteiger partial charge in [-0.05, 0) is 18.9 Å². The van der Waals surface area contributed by atoms with Crippen molar-refractivity contribution in [1.82, 2.24) is 20.0 Å². The third-order valence-electron chi connectivity index (χ3n) is 3.57. The summed E-state index contributed by atoms with van der Waals surface area (Å²) in [6, 6.07) is 2.00. The summed E-state index contributed by atoms with van der Waals surface area (Å²) in [5.74, 6) is 0. The zero-order valence-corrected chi connectivity index (χ0v) is 12.6. The average molecular weight is 293 g/mol. The van der Waals surface area contributed by atoms with Crippen molar-refractivity contribution in [2.75, 3.05) is 11.4 Å². The molecule has 1 aliphatic heterocycles. The molecule has 0 bridgehead atoms. The van der Waals surface area contributed by atoms with Gasteiger partial charge in [0.2, 0.25) is 5.13 Å². The minimum Gasteiger partial charge on any atom is -0.387 e. The van der Waals surface area contributed by atoms with Crippen LogP contribution in [0.3, 0.4) is 0 Å². The van der Waals surface area contributed by atoms with Crippen LogP contribution in [-0.2, 0) is 19.5 Å². The van der Waals surface area contributed by atoms with Gasteiger partial charge in [0.15, 0.2) is 0 Å². The second-order valence-electron chi connectivity index (χ2n) is 4.96. The maximum absolute atomic E-state index is 9.89. The molecular weight excluding hydrogens is 274 g/mol. The Morgan fingerprint density at radius 2 is 2.20 bits per heavy atom. The Morgan fingerprint density at radius 1 is 1.35 bits per heavy atom. The SMILES string of the molecule is CCc1nnc(N2CCn3nc([C@@H](O)CC)cc3C2)s1. The molecule has 0 aliphatic carbocycles. The second kappa shape index (κ2) is 5.49. The zero-order valence-electron chi connectivity index (χ0n) is 11.8. The first kappa shape index (κ1) is 13.5. The maximum atomic E-state index is 9.89. The molecule has 0 saturated carbocycles. The molecule has 6 nitrogen and oxygen atoms in total. The van der Waals surface area contributed by atoms with E-state index in [0.717, 1.165) is 47.6 Å². The van der Waals surface area contributed by atoms with Crippen molar-refractivity contribution in [2.45, 2.75) is 45.9 Å². The number of aryl methyl sites for hydroxylation is 1. The van der Waals surface area contributed by atoms with Crippen LogP contribution < -0.4 is 4.90 Å². The van der Waals surface area contributed by atoms with Gasteiger partial charge in [0.05, 0.1) is 30.6 Å². The predicted octanol–water partition coefficient (Wildman–Crippen LogP) is 1.76. The molecule has 0 radical (unpaired) electrons. The summed E-state index contributed by atoms with van der Waals surface area (Å²) in [5.41, 5.74) is 1.91. The minimum absolute atomic E-state index is 0.463. The molecule has 0 fully saturated rings. The Morgan fingerprint density at radius 3 is 2.90 bits per heavy atom. The van der Waals surface area contributed by atoms with Gasteiger partial charge >= 0.3 is 0 Å². The van der Waals surface area contributed by atoms with E-state index in [1.165, 1.54) is 0 Å². The van der Waals surface area contributed by atoms with Crippen molar-refractivity contribution in [3.63, 3.8) is 0 Å². The standard InChI is InChI=1S/C13H19N5OS/c1-3-11(19)10-7-9-8-17(5-6-18(9)16-10)13-15-14-12(4-2)20-13/h7,11,19H,3-6,8H2,1-2H3/t11-/m0/s1. The third-order valence-corrected chi connectivity index (χ3v) is 4.70. The normalized spacial score (nSPS) is 16.2. The molecule has 0 amide bonds. The Balaban J connectivity index is 1.79. The van der Waals surface area contributed by atoms with Crippen LogP contribution in [0.5, 0.6) is 0 Å². The van der Waals surface area contributed by atoms with E-state index in [-0.39, 0.29) is 0 Å². The Kier molecular flexibility index (Phi) is 3.71. The lowest BCUT2D eigenvalue weighted by atomic mass is 10.2. The molecule has 1 atom stereocenters. The van der Waals surface area contributed by atoms with Gasteiger partial charge in [0.25, 0.3) is 0 Å². The molecule has 0 saturated heterocycles. The lowest BCUT2D eigenvalue weighted by Crippen LogP contribution is -2.33. The first-order valence-electron chi connectivity index (χ1n) is 7.03. The van der Waals surface area contributed by atoms with E-state index < -0.39 is 6.10 Å². The maximum Gasteiger partial charge on any atom is 0.208 e. The smallest absolute Gasteiger partial charge is 0.208 e. The summed E-state index contributed by atoms with van der Waals surface area (Å²) < 4.78 is 1.99. The Hall–Kier alpha value is -1.47. The highest BCUT2D eigenvalue weighted by molar-refractivity contribution is 7.15. The van der Waals surface area contributed by atoms with E-state index in [4.69, 9.17) is 0 Å². The molecule has 2 aromatic rings. The molecule has 1 N–H and O–H groups in total. The first-order chi connectivity index (χ1) is 9.71. The summed E-state index contributed by atoms with van der Waals surface area (Å²) in [5, 5.41) is 24.8. The number of nitrogens with zero attached hydrogens (tertiary/aromatic N) is 5. The van der Waals surface area contributed by atoms with E-state index >= 15 is 0 Å². The van der Waals surface area contributed by atoms with Crippen LogP contribution in [0.15, 0.2) is 6.07 Å². The van der Waals surface area contributed by atoms with Crippen molar-refractivity contribution in [3.8, 4) is 0 Å². The Bertz CT molecular complexity index is 593. The lowest BCUT2D eigenvalue weighted by Gasteiger charge is -2.26. The number of rotatable bonds is 4. The largest absolute Gasteiger partial charge is 0.387 e. The molecule has 3 rings (SSSR count). The number of hydrogen-bond acceptors (Lipinski definition) is 6. The van der Waals surface area contributed by atoms with Gasteiger partial charge in [-0.2, -0.15) is 5.10 Å². The van der Waals surface area contributed by atoms with E-state index in [1.807, 2.05) is 17.7 Å². The number of aromatic nitrogens is 4. The van der Waals surface area contributed by atoms with E-state index in [0.29, 0.717) is 6.42 Å². The quantitative estimate of drug-likeness (QED) is 0.930. The van der Waals surface area contributed by atoms with Crippen molar-refractivity contribution in [2.24, 2.45) is 0 Å². The summed E-state index contributed by atoms with van der Waals surface area (Å²) in [7, 11) is 0. The fourth-order valence-electron chi connectivity index (χ4n) is 2.34. The van der Waals surface area contributed by atoms with Crippen molar-refractivity contribution >= 4 is 16.5 Å². The number of hydrogen-bond donors (Lipinski definition) is 1. The van der Waals surface area contributed by atoms with E-state index in [1.54, 1.807) is 11.3 Å². The molecule has 0 spiro atoms. The molecule has 2 aromatic heterocycles. The highest BCUT2D eigenvalue weighted by Crippen LogP contribution is 2.26. The molecule has 108 valence electrons. The highest BCUT2D eigenvalue weighted by Gasteiger charge is 2.22. The summed E-state index contributed by atoms with van der Waals surface area (Å²) in [6.45, 7) is 6.54. The van der Waals surface area contributed by atoms with Gasteiger partial charge in [-0.1, -0.05) is 25.2 Å². The van der Waals surface area contributed by atoms with E-state index in [9.17, 15) is 5.11 Å². The fourth-order valence-corrected chi connectivity index (χ4v) is 3.14. The topological polar surface area (TPSA) is 67.1 Å². The lowest BCUT2D eigenvalue weighted by molar-refractivity contribution is 0.168. The molecule has 0 aromatic carbocycles. The van der Waals surface area contributed by atoms with Crippen LogP contribution in [0.25, 0.3) is 0 Å². The number of anilines is 1. The number of aliphatic hydroxyl groups excluding tert-OH is 1. The molecule has 0 unspecified atom stereocenters. The van der Waals surface area contributed by atoms with Crippen LogP contribution in [-0.4, -0.2) is 31.6 Å².